The van der Waals surface area contributed by atoms with Gasteiger partial charge < -0.3 is 35.8 Å². The first-order chi connectivity index (χ1) is 23.0. The van der Waals surface area contributed by atoms with Crippen molar-refractivity contribution in [1.29, 1.82) is 0 Å². The number of benzene rings is 1. The quantitative estimate of drug-likeness (QED) is 0.259. The van der Waals surface area contributed by atoms with E-state index in [4.69, 9.17) is 4.74 Å². The Labute approximate surface area is 292 Å². The third-order valence-electron chi connectivity index (χ3n) is 9.13. The van der Waals surface area contributed by atoms with Gasteiger partial charge in [-0.3, -0.25) is 24.0 Å². The van der Waals surface area contributed by atoms with Crippen molar-refractivity contribution in [3.8, 4) is 0 Å². The Bertz CT molecular complexity index is 1440. The Morgan fingerprint density at radius 1 is 0.960 bits per heavy atom. The highest BCUT2D eigenvalue weighted by Crippen LogP contribution is 2.65. The SMILES string of the molecule is CN(C)C(=O)[C@@H](NC(=O)CNC(=O)[C@H](CC(F)F)NC(=O)[C@@H]1C2C(CN1C(=O)[C@@H](NC(=O)OC(C)(C)C)C(C)(C)C)C2(C)C)c1ccccc1. The number of piperidine rings is 1. The molecule has 4 N–H and O–H groups in total. The first kappa shape index (κ1) is 40.1. The molecule has 0 bridgehead atoms. The van der Waals surface area contributed by atoms with E-state index < -0.39 is 90.2 Å². The van der Waals surface area contributed by atoms with Crippen LogP contribution in [-0.2, 0) is 28.7 Å². The highest BCUT2D eigenvalue weighted by molar-refractivity contribution is 5.96. The van der Waals surface area contributed by atoms with Gasteiger partial charge in [0.1, 0.15) is 29.8 Å². The fourth-order valence-electron chi connectivity index (χ4n) is 6.41. The van der Waals surface area contributed by atoms with Crippen LogP contribution in [0.1, 0.15) is 73.4 Å². The van der Waals surface area contributed by atoms with Gasteiger partial charge in [0.05, 0.1) is 6.54 Å². The number of hydrogen-bond acceptors (Lipinski definition) is 7. The zero-order valence-electron chi connectivity index (χ0n) is 30.6. The molecule has 1 saturated heterocycles. The molecule has 1 saturated carbocycles. The van der Waals surface area contributed by atoms with E-state index in [0.29, 0.717) is 5.56 Å². The maximum absolute atomic E-state index is 14.0. The van der Waals surface area contributed by atoms with E-state index in [0.717, 1.165) is 0 Å². The Kier molecular flexibility index (Phi) is 12.3. The molecule has 1 aromatic rings. The van der Waals surface area contributed by atoms with Crippen molar-refractivity contribution in [3.05, 3.63) is 35.9 Å². The summed E-state index contributed by atoms with van der Waals surface area (Å²) in [6.07, 6.45) is -4.85. The van der Waals surface area contributed by atoms with E-state index >= 15 is 0 Å². The standard InChI is InChI=1S/C35H52F2N6O7/c1-33(2,3)27(41-32(49)50-34(4,5)6)31(48)43-18-20-24(35(20,7)8)26(43)29(46)39-21(16-22(36)37)28(45)38-17-23(44)40-25(30(47)42(9)10)19-14-12-11-13-15-19/h11-15,20-22,24-27H,16-18H2,1-10H3,(H,38,45)(H,39,46)(H,40,44)(H,41,49)/t20?,21-,24?,25-,26-,27+/m0/s1. The summed E-state index contributed by atoms with van der Waals surface area (Å²) in [5, 5.41) is 9.91. The minimum absolute atomic E-state index is 0.0714. The molecule has 1 aliphatic carbocycles. The molecule has 0 spiro atoms. The van der Waals surface area contributed by atoms with Crippen molar-refractivity contribution < 1.29 is 42.3 Å². The second kappa shape index (κ2) is 15.3. The van der Waals surface area contributed by atoms with Crippen LogP contribution >= 0.6 is 0 Å². The molecule has 2 aliphatic rings. The van der Waals surface area contributed by atoms with E-state index in [1.165, 1.54) is 23.9 Å². The molecule has 0 aromatic heterocycles. The van der Waals surface area contributed by atoms with Gasteiger partial charge >= 0.3 is 6.09 Å². The van der Waals surface area contributed by atoms with E-state index in [9.17, 15) is 37.5 Å². The average Bonchev–Trinajstić information content (AvgIpc) is 3.30. The van der Waals surface area contributed by atoms with Crippen molar-refractivity contribution >= 4 is 35.6 Å². The first-order valence-electron chi connectivity index (χ1n) is 16.7. The molecule has 0 radical (unpaired) electrons. The van der Waals surface area contributed by atoms with E-state index in [2.05, 4.69) is 21.3 Å². The fraction of sp³-hybridized carbons (Fsp3) is 0.657. The van der Waals surface area contributed by atoms with Gasteiger partial charge in [-0.2, -0.15) is 0 Å². The van der Waals surface area contributed by atoms with Crippen molar-refractivity contribution in [2.45, 2.75) is 98.0 Å². The molecule has 13 nitrogen and oxygen atoms in total. The third-order valence-corrected chi connectivity index (χ3v) is 9.13. The van der Waals surface area contributed by atoms with Gasteiger partial charge in [0, 0.05) is 27.1 Å². The number of alkyl halides is 2. The number of amides is 6. The number of nitrogens with zero attached hydrogens (tertiary/aromatic N) is 2. The maximum atomic E-state index is 14.0. The predicted molar refractivity (Wildman–Crippen MR) is 180 cm³/mol. The number of carbonyl (C=O) groups excluding carboxylic acids is 6. The minimum atomic E-state index is -2.99. The van der Waals surface area contributed by atoms with Gasteiger partial charge in [-0.15, -0.1) is 0 Å². The molecule has 2 fully saturated rings. The number of fused-ring (bicyclic) bond motifs is 1. The predicted octanol–water partition coefficient (Wildman–Crippen LogP) is 2.61. The number of nitrogens with one attached hydrogen (secondary N) is 4. The zero-order chi connectivity index (χ0) is 37.9. The number of halogens is 2. The normalized spacial score (nSPS) is 21.2. The van der Waals surface area contributed by atoms with Crippen LogP contribution in [0.15, 0.2) is 30.3 Å². The Morgan fingerprint density at radius 3 is 2.08 bits per heavy atom. The lowest BCUT2D eigenvalue weighted by Gasteiger charge is -2.38. The summed E-state index contributed by atoms with van der Waals surface area (Å²) in [6.45, 7) is 13.7. The van der Waals surface area contributed by atoms with Crippen LogP contribution in [0.2, 0.25) is 0 Å². The monoisotopic (exact) mass is 706 g/mol. The Hall–Kier alpha value is -4.30. The van der Waals surface area contributed by atoms with E-state index in [-0.39, 0.29) is 23.8 Å². The summed E-state index contributed by atoms with van der Waals surface area (Å²) in [5.74, 6) is -3.95. The molecule has 15 heteroatoms. The number of rotatable bonds is 12. The minimum Gasteiger partial charge on any atom is -0.444 e. The lowest BCUT2D eigenvalue weighted by Crippen LogP contribution is -2.61. The number of carbonyl (C=O) groups is 6. The van der Waals surface area contributed by atoms with Crippen LogP contribution in [-0.4, -0.2) is 103 Å². The number of hydrogen-bond donors (Lipinski definition) is 4. The Morgan fingerprint density at radius 2 is 1.56 bits per heavy atom. The van der Waals surface area contributed by atoms with Crippen molar-refractivity contribution in [2.24, 2.45) is 22.7 Å². The first-order valence-corrected chi connectivity index (χ1v) is 16.7. The molecule has 2 unspecified atom stereocenters. The van der Waals surface area contributed by atoms with E-state index in [1.54, 1.807) is 71.9 Å². The summed E-state index contributed by atoms with van der Waals surface area (Å²) in [4.78, 5) is 82.1. The molecule has 50 heavy (non-hydrogen) atoms. The Balaban J connectivity index is 1.77. The van der Waals surface area contributed by atoms with Crippen LogP contribution in [0.25, 0.3) is 0 Å². The number of likely N-dealkylation sites (tertiary alicyclic amines) is 1. The fourth-order valence-corrected chi connectivity index (χ4v) is 6.41. The molecule has 3 rings (SSSR count). The highest BCUT2D eigenvalue weighted by Gasteiger charge is 2.70. The van der Waals surface area contributed by atoms with Crippen LogP contribution < -0.4 is 21.3 Å². The van der Waals surface area contributed by atoms with Crippen LogP contribution in [0.5, 0.6) is 0 Å². The van der Waals surface area contributed by atoms with Crippen LogP contribution in [0, 0.1) is 22.7 Å². The maximum Gasteiger partial charge on any atom is 0.408 e. The second-order valence-corrected chi connectivity index (χ2v) is 15.9. The van der Waals surface area contributed by atoms with Gasteiger partial charge in [-0.05, 0) is 49.0 Å². The largest absolute Gasteiger partial charge is 0.444 e. The molecule has 1 heterocycles. The lowest BCUT2D eigenvalue weighted by molar-refractivity contribution is -0.144. The molecule has 6 atom stereocenters. The molecule has 6 amide bonds. The van der Waals surface area contributed by atoms with Crippen molar-refractivity contribution in [3.63, 3.8) is 0 Å². The van der Waals surface area contributed by atoms with Crippen molar-refractivity contribution in [2.75, 3.05) is 27.2 Å². The number of ether oxygens (including phenoxy) is 1. The summed E-state index contributed by atoms with van der Waals surface area (Å²) >= 11 is 0. The molecule has 1 aliphatic heterocycles. The van der Waals surface area contributed by atoms with Gasteiger partial charge in [0.15, 0.2) is 0 Å². The smallest absolute Gasteiger partial charge is 0.408 e. The van der Waals surface area contributed by atoms with Gasteiger partial charge in [-0.25, -0.2) is 13.6 Å². The number of alkyl carbamates (subject to hydrolysis) is 1. The van der Waals surface area contributed by atoms with Crippen molar-refractivity contribution in [1.82, 2.24) is 31.1 Å². The summed E-state index contributed by atoms with van der Waals surface area (Å²) in [7, 11) is 3.04. The summed E-state index contributed by atoms with van der Waals surface area (Å²) in [6, 6.07) is 3.45. The van der Waals surface area contributed by atoms with Gasteiger partial charge in [0.2, 0.25) is 36.0 Å². The summed E-state index contributed by atoms with van der Waals surface area (Å²) < 4.78 is 32.8. The topological polar surface area (TPSA) is 166 Å². The third kappa shape index (κ3) is 9.90. The average molecular weight is 707 g/mol. The van der Waals surface area contributed by atoms with Gasteiger partial charge in [-0.1, -0.05) is 65.0 Å². The van der Waals surface area contributed by atoms with Crippen LogP contribution in [0.4, 0.5) is 13.6 Å². The second-order valence-electron chi connectivity index (χ2n) is 15.9. The van der Waals surface area contributed by atoms with Gasteiger partial charge in [0.25, 0.3) is 0 Å². The molecular weight excluding hydrogens is 654 g/mol. The molecule has 278 valence electrons. The summed E-state index contributed by atoms with van der Waals surface area (Å²) in [5.41, 5.74) is -1.47. The van der Waals surface area contributed by atoms with Crippen LogP contribution in [0.3, 0.4) is 0 Å². The lowest BCUT2D eigenvalue weighted by atomic mass is 9.85. The molecular formula is C35H52F2N6O7. The molecule has 1 aromatic carbocycles. The zero-order valence-corrected chi connectivity index (χ0v) is 30.6. The number of likely N-dealkylation sites (N-methyl/N-ethyl adjacent to an activating group) is 1. The van der Waals surface area contributed by atoms with E-state index in [1.807, 2.05) is 13.8 Å². The highest BCUT2D eigenvalue weighted by atomic mass is 19.3.